The number of benzene rings is 1. The number of fused-ring (bicyclic) bond motifs is 1. The molecule has 5 nitrogen and oxygen atoms in total. The van der Waals surface area contributed by atoms with Crippen molar-refractivity contribution < 1.29 is 14.2 Å². The van der Waals surface area contributed by atoms with Crippen LogP contribution in [0.15, 0.2) is 12.1 Å². The minimum absolute atomic E-state index is 0.0943. The molecule has 5 heteroatoms. The van der Waals surface area contributed by atoms with Gasteiger partial charge in [0.1, 0.15) is 5.75 Å². The van der Waals surface area contributed by atoms with E-state index in [4.69, 9.17) is 25.2 Å². The van der Waals surface area contributed by atoms with Crippen LogP contribution in [-0.4, -0.2) is 19.4 Å². The molecule has 0 saturated carbocycles. The molecule has 1 aromatic rings. The normalized spacial score (nSPS) is 13.8. The Morgan fingerprint density at radius 3 is 2.85 bits per heavy atom. The van der Waals surface area contributed by atoms with Crippen LogP contribution in [0.5, 0.6) is 17.2 Å². The van der Waals surface area contributed by atoms with Gasteiger partial charge in [-0.2, -0.15) is 5.26 Å². The molecule has 0 radical (unpaired) electrons. The number of hydrogen-bond acceptors (Lipinski definition) is 5. The Morgan fingerprint density at radius 2 is 2.15 bits per heavy atom. The van der Waals surface area contributed by atoms with Gasteiger partial charge in [0, 0.05) is 18.5 Å². The Morgan fingerprint density at radius 1 is 1.40 bits per heavy atom. The maximum atomic E-state index is 8.54. The Balaban J connectivity index is 2.12. The van der Waals surface area contributed by atoms with Gasteiger partial charge in [-0.1, -0.05) is 6.92 Å². The summed E-state index contributed by atoms with van der Waals surface area (Å²) in [6.07, 6.45) is 2.85. The van der Waals surface area contributed by atoms with Crippen molar-refractivity contribution in [2.45, 2.75) is 38.6 Å². The third-order valence-corrected chi connectivity index (χ3v) is 3.25. The summed E-state index contributed by atoms with van der Waals surface area (Å²) in [5.41, 5.74) is 7.05. The summed E-state index contributed by atoms with van der Waals surface area (Å²) < 4.78 is 16.5. The molecule has 2 rings (SSSR count). The van der Waals surface area contributed by atoms with Crippen molar-refractivity contribution >= 4 is 0 Å². The van der Waals surface area contributed by atoms with Crippen LogP contribution in [0, 0.1) is 11.3 Å². The molecule has 1 aliphatic rings. The molecule has 1 unspecified atom stereocenters. The fourth-order valence-electron chi connectivity index (χ4n) is 2.02. The average molecular weight is 276 g/mol. The lowest BCUT2D eigenvalue weighted by molar-refractivity contribution is 0.173. The number of nitrogens with zero attached hydrogens (tertiary/aromatic N) is 1. The second-order valence-corrected chi connectivity index (χ2v) is 4.80. The lowest BCUT2D eigenvalue weighted by Gasteiger charge is -2.15. The average Bonchev–Trinajstić information content (AvgIpc) is 2.90. The van der Waals surface area contributed by atoms with E-state index >= 15 is 0 Å². The maximum absolute atomic E-state index is 8.54. The van der Waals surface area contributed by atoms with E-state index in [1.807, 2.05) is 12.1 Å². The van der Waals surface area contributed by atoms with E-state index in [1.165, 1.54) is 0 Å². The highest BCUT2D eigenvalue weighted by molar-refractivity contribution is 5.52. The Labute approximate surface area is 119 Å². The maximum Gasteiger partial charge on any atom is 0.231 e. The third kappa shape index (κ3) is 3.55. The smallest absolute Gasteiger partial charge is 0.231 e. The van der Waals surface area contributed by atoms with Crippen molar-refractivity contribution in [3.05, 3.63) is 17.7 Å². The molecule has 20 heavy (non-hydrogen) atoms. The van der Waals surface area contributed by atoms with Gasteiger partial charge in [-0.15, -0.1) is 0 Å². The van der Waals surface area contributed by atoms with Crippen LogP contribution in [0.4, 0.5) is 0 Å². The number of unbranched alkanes of at least 4 members (excludes halogenated alkanes) is 1. The minimum atomic E-state index is 0.0943. The second-order valence-electron chi connectivity index (χ2n) is 4.80. The van der Waals surface area contributed by atoms with Gasteiger partial charge < -0.3 is 19.9 Å². The summed E-state index contributed by atoms with van der Waals surface area (Å²) in [6.45, 7) is 2.82. The van der Waals surface area contributed by atoms with Gasteiger partial charge in [0.25, 0.3) is 0 Å². The van der Waals surface area contributed by atoms with E-state index in [-0.39, 0.29) is 12.8 Å². The molecular formula is C15H20N2O3. The van der Waals surface area contributed by atoms with Crippen LogP contribution in [0.2, 0.25) is 0 Å². The van der Waals surface area contributed by atoms with E-state index in [1.54, 1.807) is 0 Å². The fourth-order valence-corrected chi connectivity index (χ4v) is 2.02. The van der Waals surface area contributed by atoms with Crippen LogP contribution < -0.4 is 19.9 Å². The molecule has 1 heterocycles. The van der Waals surface area contributed by atoms with Crippen molar-refractivity contribution in [2.24, 2.45) is 5.73 Å². The summed E-state index contributed by atoms with van der Waals surface area (Å²) >= 11 is 0. The van der Waals surface area contributed by atoms with Crippen LogP contribution in [0.1, 0.15) is 31.7 Å². The van der Waals surface area contributed by atoms with Crippen molar-refractivity contribution in [2.75, 3.05) is 13.4 Å². The summed E-state index contributed by atoms with van der Waals surface area (Å²) in [7, 11) is 0. The molecule has 0 aliphatic carbocycles. The summed E-state index contributed by atoms with van der Waals surface area (Å²) in [6, 6.07) is 6.00. The highest BCUT2D eigenvalue weighted by Gasteiger charge is 2.19. The molecule has 2 N–H and O–H groups in total. The molecular weight excluding hydrogens is 256 g/mol. The first-order valence-electron chi connectivity index (χ1n) is 6.92. The SMILES string of the molecule is CCC(N)Cc1cc2c(cc1OCCCC#N)OCO2. The molecule has 0 bridgehead atoms. The van der Waals surface area contributed by atoms with E-state index in [2.05, 4.69) is 13.0 Å². The van der Waals surface area contributed by atoms with Crippen molar-refractivity contribution in [3.63, 3.8) is 0 Å². The standard InChI is InChI=1S/C15H20N2O3/c1-2-12(17)7-11-8-14-15(20-10-19-14)9-13(11)18-6-4-3-5-16/h8-9,12H,2-4,6-7,10,17H2,1H3. The summed E-state index contributed by atoms with van der Waals surface area (Å²) in [5.74, 6) is 2.22. The van der Waals surface area contributed by atoms with Crippen molar-refractivity contribution in [1.29, 1.82) is 5.26 Å². The number of ether oxygens (including phenoxy) is 3. The molecule has 1 aromatic carbocycles. The van der Waals surface area contributed by atoms with Gasteiger partial charge in [-0.3, -0.25) is 0 Å². The molecule has 108 valence electrons. The Hall–Kier alpha value is -1.93. The van der Waals surface area contributed by atoms with E-state index in [0.29, 0.717) is 25.2 Å². The third-order valence-electron chi connectivity index (χ3n) is 3.25. The second kappa shape index (κ2) is 7.01. The van der Waals surface area contributed by atoms with Gasteiger partial charge >= 0.3 is 0 Å². The van der Waals surface area contributed by atoms with Crippen molar-refractivity contribution in [1.82, 2.24) is 0 Å². The van der Waals surface area contributed by atoms with Crippen LogP contribution in [0.3, 0.4) is 0 Å². The molecule has 0 spiro atoms. The topological polar surface area (TPSA) is 77.5 Å². The van der Waals surface area contributed by atoms with Gasteiger partial charge in [0.2, 0.25) is 6.79 Å². The Bertz CT molecular complexity index is 497. The van der Waals surface area contributed by atoms with Crippen molar-refractivity contribution in [3.8, 4) is 23.3 Å². The lowest BCUT2D eigenvalue weighted by Crippen LogP contribution is -2.21. The zero-order chi connectivity index (χ0) is 14.4. The van der Waals surface area contributed by atoms with E-state index < -0.39 is 0 Å². The van der Waals surface area contributed by atoms with Gasteiger partial charge in [0.05, 0.1) is 12.7 Å². The molecule has 1 atom stereocenters. The zero-order valence-corrected chi connectivity index (χ0v) is 11.7. The van der Waals surface area contributed by atoms with E-state index in [9.17, 15) is 0 Å². The molecule has 1 aliphatic heterocycles. The number of nitriles is 1. The molecule has 0 saturated heterocycles. The molecule has 0 aromatic heterocycles. The molecule has 0 fully saturated rings. The highest BCUT2D eigenvalue weighted by Crippen LogP contribution is 2.38. The lowest BCUT2D eigenvalue weighted by atomic mass is 10.0. The first-order valence-corrected chi connectivity index (χ1v) is 6.92. The van der Waals surface area contributed by atoms with E-state index in [0.717, 1.165) is 29.9 Å². The van der Waals surface area contributed by atoms with Crippen LogP contribution in [-0.2, 0) is 6.42 Å². The first-order chi connectivity index (χ1) is 9.74. The fraction of sp³-hybridized carbons (Fsp3) is 0.533. The van der Waals surface area contributed by atoms with Crippen LogP contribution >= 0.6 is 0 Å². The number of rotatable bonds is 7. The number of nitrogens with two attached hydrogens (primary N) is 1. The number of hydrogen-bond donors (Lipinski definition) is 1. The molecule has 0 amide bonds. The zero-order valence-electron chi connectivity index (χ0n) is 11.7. The minimum Gasteiger partial charge on any atom is -0.493 e. The summed E-state index contributed by atoms with van der Waals surface area (Å²) in [5, 5.41) is 8.54. The Kier molecular flexibility index (Phi) is 5.08. The van der Waals surface area contributed by atoms with Crippen LogP contribution in [0.25, 0.3) is 0 Å². The predicted molar refractivity (Wildman–Crippen MR) is 74.9 cm³/mol. The van der Waals surface area contributed by atoms with Gasteiger partial charge in [-0.05, 0) is 30.9 Å². The quantitative estimate of drug-likeness (QED) is 0.774. The van der Waals surface area contributed by atoms with Gasteiger partial charge in [0.15, 0.2) is 11.5 Å². The highest BCUT2D eigenvalue weighted by atomic mass is 16.7. The predicted octanol–water partition coefficient (Wildman–Crippen LogP) is 2.38. The first kappa shape index (κ1) is 14.5. The largest absolute Gasteiger partial charge is 0.493 e. The van der Waals surface area contributed by atoms with Gasteiger partial charge in [-0.25, -0.2) is 0 Å². The summed E-state index contributed by atoms with van der Waals surface area (Å²) in [4.78, 5) is 0. The monoisotopic (exact) mass is 276 g/mol.